The lowest BCUT2D eigenvalue weighted by Crippen LogP contribution is -2.47. The van der Waals surface area contributed by atoms with E-state index in [1.54, 1.807) is 13.3 Å². The molecule has 0 aliphatic carbocycles. The van der Waals surface area contributed by atoms with Crippen LogP contribution in [0.25, 0.3) is 0 Å². The molecule has 1 N–H and O–H groups in total. The number of hydrogen-bond acceptors (Lipinski definition) is 8. The fraction of sp³-hybridized carbons (Fsp3) is 0.526. The lowest BCUT2D eigenvalue weighted by molar-refractivity contribution is 0.405. The lowest BCUT2D eigenvalue weighted by atomic mass is 10.2. The second kappa shape index (κ2) is 9.36. The van der Waals surface area contributed by atoms with Crippen LogP contribution in [0, 0.1) is 0 Å². The van der Waals surface area contributed by atoms with Gasteiger partial charge < -0.3 is 24.8 Å². The van der Waals surface area contributed by atoms with Gasteiger partial charge in [-0.3, -0.25) is 0 Å². The highest BCUT2D eigenvalue weighted by molar-refractivity contribution is 5.59. The number of benzene rings is 1. The van der Waals surface area contributed by atoms with E-state index in [1.807, 2.05) is 18.2 Å². The second-order valence-electron chi connectivity index (χ2n) is 6.87. The predicted octanol–water partition coefficient (Wildman–Crippen LogP) is 1.57. The molecule has 0 unspecified atom stereocenters. The van der Waals surface area contributed by atoms with Crippen molar-refractivity contribution in [1.29, 1.82) is 0 Å². The van der Waals surface area contributed by atoms with Crippen molar-refractivity contribution in [3.8, 4) is 5.75 Å². The van der Waals surface area contributed by atoms with E-state index in [9.17, 15) is 0 Å². The number of anilines is 3. The lowest BCUT2D eigenvalue weighted by Gasteiger charge is -2.36. The molecule has 1 aromatic carbocycles. The third-order valence-corrected chi connectivity index (χ3v) is 4.62. The van der Waals surface area contributed by atoms with Gasteiger partial charge in [-0.15, -0.1) is 5.10 Å². The topological polar surface area (TPSA) is 69.7 Å². The predicted molar refractivity (Wildman–Crippen MR) is 109 cm³/mol. The molecule has 0 atom stereocenters. The first-order chi connectivity index (χ1) is 13.2. The molecule has 1 aliphatic rings. The van der Waals surface area contributed by atoms with Gasteiger partial charge in [0.05, 0.1) is 19.0 Å². The Morgan fingerprint density at radius 2 is 1.85 bits per heavy atom. The van der Waals surface area contributed by atoms with E-state index in [2.05, 4.69) is 55.4 Å². The van der Waals surface area contributed by atoms with Crippen LogP contribution in [-0.2, 0) is 0 Å². The van der Waals surface area contributed by atoms with E-state index >= 15 is 0 Å². The van der Waals surface area contributed by atoms with Crippen LogP contribution < -0.4 is 19.9 Å². The van der Waals surface area contributed by atoms with E-state index in [0.717, 1.165) is 62.9 Å². The molecule has 8 heteroatoms. The van der Waals surface area contributed by atoms with Crippen molar-refractivity contribution in [2.24, 2.45) is 0 Å². The molecule has 0 bridgehead atoms. The van der Waals surface area contributed by atoms with E-state index in [4.69, 9.17) is 4.74 Å². The van der Waals surface area contributed by atoms with Gasteiger partial charge in [-0.05, 0) is 39.2 Å². The standard InChI is InChI=1S/C19H29N7O/c1-24(2)10-6-9-20-18-15-21-23-19(22-18)26-13-11-25(12-14-26)16-7-4-5-8-17(16)27-3/h4-5,7-8,15H,6,9-14H2,1-3H3,(H,20,22,23). The molecule has 1 fully saturated rings. The van der Waals surface area contributed by atoms with Crippen molar-refractivity contribution in [1.82, 2.24) is 20.1 Å². The fourth-order valence-corrected chi connectivity index (χ4v) is 3.16. The van der Waals surface area contributed by atoms with Gasteiger partial charge in [-0.2, -0.15) is 10.1 Å². The van der Waals surface area contributed by atoms with Gasteiger partial charge in [-0.1, -0.05) is 12.1 Å². The molecule has 1 aromatic heterocycles. The summed E-state index contributed by atoms with van der Waals surface area (Å²) >= 11 is 0. The van der Waals surface area contributed by atoms with Crippen molar-refractivity contribution in [2.75, 3.05) is 75.6 Å². The van der Waals surface area contributed by atoms with Crippen LogP contribution in [0.2, 0.25) is 0 Å². The van der Waals surface area contributed by atoms with Crippen LogP contribution in [0.15, 0.2) is 30.5 Å². The molecule has 0 radical (unpaired) electrons. The van der Waals surface area contributed by atoms with E-state index in [1.165, 1.54) is 0 Å². The fourth-order valence-electron chi connectivity index (χ4n) is 3.16. The minimum Gasteiger partial charge on any atom is -0.495 e. The third-order valence-electron chi connectivity index (χ3n) is 4.62. The van der Waals surface area contributed by atoms with Gasteiger partial charge in [-0.25, -0.2) is 0 Å². The van der Waals surface area contributed by atoms with E-state index < -0.39 is 0 Å². The second-order valence-corrected chi connectivity index (χ2v) is 6.87. The zero-order valence-corrected chi connectivity index (χ0v) is 16.4. The Bertz CT molecular complexity index is 717. The Morgan fingerprint density at radius 3 is 2.59 bits per heavy atom. The van der Waals surface area contributed by atoms with Gasteiger partial charge in [0.2, 0.25) is 5.95 Å². The molecule has 0 spiro atoms. The summed E-state index contributed by atoms with van der Waals surface area (Å²) in [7, 11) is 5.87. The first kappa shape index (κ1) is 19.2. The summed E-state index contributed by atoms with van der Waals surface area (Å²) in [6.07, 6.45) is 2.74. The normalized spacial score (nSPS) is 14.5. The molecular formula is C19H29N7O. The highest BCUT2D eigenvalue weighted by atomic mass is 16.5. The molecule has 0 saturated carbocycles. The summed E-state index contributed by atoms with van der Waals surface area (Å²) in [4.78, 5) is 11.3. The van der Waals surface area contributed by atoms with Gasteiger partial charge >= 0.3 is 0 Å². The van der Waals surface area contributed by atoms with Gasteiger partial charge in [0.15, 0.2) is 5.82 Å². The number of nitrogens with one attached hydrogen (secondary N) is 1. The summed E-state index contributed by atoms with van der Waals surface area (Å²) in [6.45, 7) is 5.41. The molecule has 1 saturated heterocycles. The number of methoxy groups -OCH3 is 1. The summed E-state index contributed by atoms with van der Waals surface area (Å²) in [6, 6.07) is 8.14. The maximum absolute atomic E-state index is 5.49. The maximum Gasteiger partial charge on any atom is 0.247 e. The number of rotatable bonds is 8. The smallest absolute Gasteiger partial charge is 0.247 e. The Labute approximate surface area is 161 Å². The highest BCUT2D eigenvalue weighted by Crippen LogP contribution is 2.28. The molecule has 146 valence electrons. The molecule has 8 nitrogen and oxygen atoms in total. The molecule has 0 amide bonds. The summed E-state index contributed by atoms with van der Waals surface area (Å²) in [5.74, 6) is 2.38. The van der Waals surface area contributed by atoms with Crippen LogP contribution in [0.5, 0.6) is 5.75 Å². The number of aromatic nitrogens is 3. The van der Waals surface area contributed by atoms with Gasteiger partial charge in [0.1, 0.15) is 5.75 Å². The quantitative estimate of drug-likeness (QED) is 0.702. The van der Waals surface area contributed by atoms with Crippen molar-refractivity contribution in [2.45, 2.75) is 6.42 Å². The van der Waals surface area contributed by atoms with E-state index in [-0.39, 0.29) is 0 Å². The Kier molecular flexibility index (Phi) is 6.64. The van der Waals surface area contributed by atoms with Crippen LogP contribution in [0.1, 0.15) is 6.42 Å². The molecule has 2 aromatic rings. The van der Waals surface area contributed by atoms with Crippen LogP contribution in [0.4, 0.5) is 17.5 Å². The van der Waals surface area contributed by atoms with Gasteiger partial charge in [0.25, 0.3) is 0 Å². The number of piperazine rings is 1. The summed E-state index contributed by atoms with van der Waals surface area (Å²) < 4.78 is 5.49. The largest absolute Gasteiger partial charge is 0.495 e. The number of hydrogen-bond donors (Lipinski definition) is 1. The molecule has 1 aliphatic heterocycles. The maximum atomic E-state index is 5.49. The zero-order valence-electron chi connectivity index (χ0n) is 16.4. The SMILES string of the molecule is COc1ccccc1N1CCN(c2nncc(NCCCN(C)C)n2)CC1. The third kappa shape index (κ3) is 5.19. The highest BCUT2D eigenvalue weighted by Gasteiger charge is 2.21. The average Bonchev–Trinajstić information content (AvgIpc) is 2.71. The molecular weight excluding hydrogens is 342 g/mol. The zero-order chi connectivity index (χ0) is 19.1. The number of para-hydroxylation sites is 2. The number of nitrogens with zero attached hydrogens (tertiary/aromatic N) is 6. The monoisotopic (exact) mass is 371 g/mol. The van der Waals surface area contributed by atoms with Crippen molar-refractivity contribution < 1.29 is 4.74 Å². The van der Waals surface area contributed by atoms with Crippen molar-refractivity contribution in [3.63, 3.8) is 0 Å². The minimum atomic E-state index is 0.687. The van der Waals surface area contributed by atoms with E-state index in [0.29, 0.717) is 5.95 Å². The van der Waals surface area contributed by atoms with Gasteiger partial charge in [0, 0.05) is 32.7 Å². The molecule has 27 heavy (non-hydrogen) atoms. The Morgan fingerprint density at radius 1 is 1.11 bits per heavy atom. The average molecular weight is 371 g/mol. The minimum absolute atomic E-state index is 0.687. The van der Waals surface area contributed by atoms with Crippen LogP contribution in [0.3, 0.4) is 0 Å². The number of ether oxygens (including phenoxy) is 1. The van der Waals surface area contributed by atoms with Crippen molar-refractivity contribution >= 4 is 17.5 Å². The van der Waals surface area contributed by atoms with Crippen molar-refractivity contribution in [3.05, 3.63) is 30.5 Å². The molecule has 3 rings (SSSR count). The first-order valence-corrected chi connectivity index (χ1v) is 9.38. The van der Waals surface area contributed by atoms with Crippen LogP contribution in [-0.4, -0.2) is 80.6 Å². The summed E-state index contributed by atoms with van der Waals surface area (Å²) in [5.41, 5.74) is 1.13. The summed E-state index contributed by atoms with van der Waals surface area (Å²) in [5, 5.41) is 11.7. The first-order valence-electron chi connectivity index (χ1n) is 9.38. The Hall–Kier alpha value is -2.61. The van der Waals surface area contributed by atoms with Crippen LogP contribution >= 0.6 is 0 Å². The molecule has 2 heterocycles. The Balaban J connectivity index is 1.55.